The number of ether oxygens (including phenoxy) is 1. The van der Waals surface area contributed by atoms with Gasteiger partial charge in [0.15, 0.2) is 0 Å². The Morgan fingerprint density at radius 1 is 1.29 bits per heavy atom. The molecule has 1 aromatic carbocycles. The van der Waals surface area contributed by atoms with Crippen molar-refractivity contribution in [2.75, 3.05) is 6.61 Å². The Bertz CT molecular complexity index is 551. The lowest BCUT2D eigenvalue weighted by molar-refractivity contribution is 0.124. The predicted octanol–water partition coefficient (Wildman–Crippen LogP) is 3.71. The second-order valence-electron chi connectivity index (χ2n) is 5.52. The van der Waals surface area contributed by atoms with Crippen LogP contribution in [0.3, 0.4) is 0 Å². The number of nitrogens with zero attached hydrogens (tertiary/aromatic N) is 1. The lowest BCUT2D eigenvalue weighted by Gasteiger charge is -2.10. The van der Waals surface area contributed by atoms with E-state index in [0.717, 1.165) is 25.3 Å². The molecular formula is C17H24N2OS. The van der Waals surface area contributed by atoms with Crippen LogP contribution in [-0.2, 0) is 24.3 Å². The molecule has 0 saturated carbocycles. The summed E-state index contributed by atoms with van der Waals surface area (Å²) in [5, 5.41) is 3.43. The van der Waals surface area contributed by atoms with Crippen molar-refractivity contribution < 1.29 is 4.74 Å². The van der Waals surface area contributed by atoms with E-state index < -0.39 is 0 Å². The molecular weight excluding hydrogens is 280 g/mol. The standard InChI is InChI=1S/C17H24N2OS/c1-13(2)18-10-15-5-4-6-16(9-15)11-20-8-7-17-14(3)19-12-21-17/h4-6,9,12-13,18H,7-8,10-11H2,1-3H3. The average Bonchev–Trinajstić information content (AvgIpc) is 2.87. The molecule has 0 aliphatic rings. The van der Waals surface area contributed by atoms with E-state index >= 15 is 0 Å². The van der Waals surface area contributed by atoms with Crippen LogP contribution < -0.4 is 5.32 Å². The highest BCUT2D eigenvalue weighted by Gasteiger charge is 2.02. The molecule has 0 unspecified atom stereocenters. The molecule has 0 aliphatic carbocycles. The fourth-order valence-electron chi connectivity index (χ4n) is 2.07. The van der Waals surface area contributed by atoms with E-state index in [-0.39, 0.29) is 0 Å². The lowest BCUT2D eigenvalue weighted by Crippen LogP contribution is -2.21. The van der Waals surface area contributed by atoms with E-state index in [1.165, 1.54) is 16.0 Å². The highest BCUT2D eigenvalue weighted by atomic mass is 32.1. The summed E-state index contributed by atoms with van der Waals surface area (Å²) < 4.78 is 5.79. The van der Waals surface area contributed by atoms with Gasteiger partial charge >= 0.3 is 0 Å². The minimum absolute atomic E-state index is 0.507. The zero-order valence-corrected chi connectivity index (χ0v) is 13.9. The number of aryl methyl sites for hydroxylation is 1. The number of rotatable bonds is 8. The number of benzene rings is 1. The molecule has 114 valence electrons. The summed E-state index contributed by atoms with van der Waals surface area (Å²) in [5.74, 6) is 0. The molecule has 1 N–H and O–H groups in total. The number of nitrogens with one attached hydrogen (secondary N) is 1. The summed E-state index contributed by atoms with van der Waals surface area (Å²) in [4.78, 5) is 5.58. The van der Waals surface area contributed by atoms with Crippen LogP contribution in [0.1, 0.15) is 35.5 Å². The van der Waals surface area contributed by atoms with Gasteiger partial charge in [-0.05, 0) is 18.1 Å². The predicted molar refractivity (Wildman–Crippen MR) is 88.6 cm³/mol. The maximum Gasteiger partial charge on any atom is 0.0797 e. The highest BCUT2D eigenvalue weighted by Crippen LogP contribution is 2.13. The summed E-state index contributed by atoms with van der Waals surface area (Å²) in [6.07, 6.45) is 0.949. The smallest absolute Gasteiger partial charge is 0.0797 e. The van der Waals surface area contributed by atoms with Gasteiger partial charge in [0.2, 0.25) is 0 Å². The zero-order chi connectivity index (χ0) is 15.1. The molecule has 0 fully saturated rings. The molecule has 4 heteroatoms. The molecule has 0 aliphatic heterocycles. The summed E-state index contributed by atoms with van der Waals surface area (Å²) in [7, 11) is 0. The van der Waals surface area contributed by atoms with Gasteiger partial charge < -0.3 is 10.1 Å². The number of aromatic nitrogens is 1. The van der Waals surface area contributed by atoms with Gasteiger partial charge in [0.1, 0.15) is 0 Å². The van der Waals surface area contributed by atoms with Gasteiger partial charge in [0, 0.05) is 23.9 Å². The quantitative estimate of drug-likeness (QED) is 0.755. The minimum Gasteiger partial charge on any atom is -0.376 e. The van der Waals surface area contributed by atoms with E-state index in [2.05, 4.69) is 55.3 Å². The van der Waals surface area contributed by atoms with Gasteiger partial charge in [-0.2, -0.15) is 0 Å². The van der Waals surface area contributed by atoms with Crippen LogP contribution in [0.5, 0.6) is 0 Å². The number of hydrogen-bond acceptors (Lipinski definition) is 4. The number of thiazole rings is 1. The van der Waals surface area contributed by atoms with Gasteiger partial charge in [-0.1, -0.05) is 38.1 Å². The second kappa shape index (κ2) is 8.27. The Labute approximate surface area is 131 Å². The van der Waals surface area contributed by atoms with Crippen LogP contribution in [0, 0.1) is 6.92 Å². The van der Waals surface area contributed by atoms with Crippen LogP contribution >= 0.6 is 11.3 Å². The average molecular weight is 304 g/mol. The Morgan fingerprint density at radius 3 is 2.81 bits per heavy atom. The molecule has 0 saturated heterocycles. The van der Waals surface area contributed by atoms with Crippen LogP contribution in [-0.4, -0.2) is 17.6 Å². The molecule has 0 amide bonds. The molecule has 0 bridgehead atoms. The van der Waals surface area contributed by atoms with Crippen molar-refractivity contribution in [1.29, 1.82) is 0 Å². The molecule has 0 spiro atoms. The largest absolute Gasteiger partial charge is 0.376 e. The van der Waals surface area contributed by atoms with Crippen LogP contribution in [0.2, 0.25) is 0 Å². The maximum absolute atomic E-state index is 5.79. The monoisotopic (exact) mass is 304 g/mol. The van der Waals surface area contributed by atoms with Crippen LogP contribution in [0.25, 0.3) is 0 Å². The third-order valence-corrected chi connectivity index (χ3v) is 4.29. The van der Waals surface area contributed by atoms with Gasteiger partial charge in [-0.3, -0.25) is 0 Å². The summed E-state index contributed by atoms with van der Waals surface area (Å²) in [6.45, 7) is 8.70. The van der Waals surface area contributed by atoms with Gasteiger partial charge in [0.05, 0.1) is 24.4 Å². The fourth-order valence-corrected chi connectivity index (χ4v) is 2.83. The first-order valence-corrected chi connectivity index (χ1v) is 8.31. The third-order valence-electron chi connectivity index (χ3n) is 3.29. The Morgan fingerprint density at radius 2 is 2.10 bits per heavy atom. The Balaban J connectivity index is 1.75. The van der Waals surface area contributed by atoms with Gasteiger partial charge in [-0.25, -0.2) is 4.98 Å². The van der Waals surface area contributed by atoms with Crippen molar-refractivity contribution in [1.82, 2.24) is 10.3 Å². The van der Waals surface area contributed by atoms with Crippen molar-refractivity contribution in [3.05, 3.63) is 51.5 Å². The van der Waals surface area contributed by atoms with E-state index in [9.17, 15) is 0 Å². The summed E-state index contributed by atoms with van der Waals surface area (Å²) >= 11 is 1.71. The molecule has 21 heavy (non-hydrogen) atoms. The topological polar surface area (TPSA) is 34.1 Å². The Hall–Kier alpha value is -1.23. The van der Waals surface area contributed by atoms with Crippen molar-refractivity contribution in [3.63, 3.8) is 0 Å². The Kier molecular flexibility index (Phi) is 6.36. The molecule has 1 heterocycles. The summed E-state index contributed by atoms with van der Waals surface area (Å²) in [6, 6.07) is 9.10. The minimum atomic E-state index is 0.507. The van der Waals surface area contributed by atoms with Gasteiger partial charge in [0.25, 0.3) is 0 Å². The van der Waals surface area contributed by atoms with Crippen molar-refractivity contribution in [2.24, 2.45) is 0 Å². The molecule has 2 aromatic rings. The zero-order valence-electron chi connectivity index (χ0n) is 13.1. The summed E-state index contributed by atoms with van der Waals surface area (Å²) in [5.41, 5.74) is 5.57. The maximum atomic E-state index is 5.79. The second-order valence-corrected chi connectivity index (χ2v) is 6.46. The normalized spacial score (nSPS) is 11.2. The molecule has 2 rings (SSSR count). The fraction of sp³-hybridized carbons (Fsp3) is 0.471. The van der Waals surface area contributed by atoms with Crippen molar-refractivity contribution in [3.8, 4) is 0 Å². The first-order valence-electron chi connectivity index (χ1n) is 7.43. The van der Waals surface area contributed by atoms with E-state index in [1.807, 2.05) is 5.51 Å². The van der Waals surface area contributed by atoms with Gasteiger partial charge in [-0.15, -0.1) is 11.3 Å². The first-order chi connectivity index (χ1) is 10.1. The van der Waals surface area contributed by atoms with E-state index in [1.54, 1.807) is 11.3 Å². The SMILES string of the molecule is Cc1ncsc1CCOCc1cccc(CNC(C)C)c1. The molecule has 3 nitrogen and oxygen atoms in total. The third kappa shape index (κ3) is 5.58. The van der Waals surface area contributed by atoms with Crippen LogP contribution in [0.15, 0.2) is 29.8 Å². The number of hydrogen-bond donors (Lipinski definition) is 1. The molecule has 0 atom stereocenters. The van der Waals surface area contributed by atoms with E-state index in [0.29, 0.717) is 12.6 Å². The van der Waals surface area contributed by atoms with Crippen molar-refractivity contribution in [2.45, 2.75) is 46.4 Å². The van der Waals surface area contributed by atoms with Crippen molar-refractivity contribution >= 4 is 11.3 Å². The molecule has 1 aromatic heterocycles. The highest BCUT2D eigenvalue weighted by molar-refractivity contribution is 7.09. The molecule has 0 radical (unpaired) electrons. The lowest BCUT2D eigenvalue weighted by atomic mass is 10.1. The van der Waals surface area contributed by atoms with Crippen LogP contribution in [0.4, 0.5) is 0 Å². The van der Waals surface area contributed by atoms with E-state index in [4.69, 9.17) is 4.74 Å². The first kappa shape index (κ1) is 16.1.